The standard InChI is InChI=1S/C18H26N2O5S/c1-3-4-12-25-18(22)14-7-9-16(10-8-14)19-17(21)15-6-5-11-20(13-15)26(2,23)24/h7-10,15H,3-6,11-13H2,1-2H3,(H,19,21). The van der Waals surface area contributed by atoms with Crippen LogP contribution >= 0.6 is 0 Å². The first kappa shape index (κ1) is 20.4. The number of benzene rings is 1. The number of rotatable bonds is 7. The molecule has 0 spiro atoms. The molecule has 1 unspecified atom stereocenters. The monoisotopic (exact) mass is 382 g/mol. The molecule has 1 aliphatic rings. The predicted molar refractivity (Wildman–Crippen MR) is 99.4 cm³/mol. The Labute approximate surface area is 154 Å². The molecule has 1 aromatic rings. The molecule has 7 nitrogen and oxygen atoms in total. The molecular weight excluding hydrogens is 356 g/mol. The first-order valence-corrected chi connectivity index (χ1v) is 10.7. The van der Waals surface area contributed by atoms with Gasteiger partial charge in [0, 0.05) is 18.8 Å². The van der Waals surface area contributed by atoms with Gasteiger partial charge in [-0.2, -0.15) is 0 Å². The van der Waals surface area contributed by atoms with Crippen molar-refractivity contribution in [3.63, 3.8) is 0 Å². The van der Waals surface area contributed by atoms with E-state index in [0.29, 0.717) is 37.2 Å². The van der Waals surface area contributed by atoms with Crippen molar-refractivity contribution in [3.05, 3.63) is 29.8 Å². The number of nitrogens with one attached hydrogen (secondary N) is 1. The SMILES string of the molecule is CCCCOC(=O)c1ccc(NC(=O)C2CCCN(S(C)(=O)=O)C2)cc1. The zero-order valence-electron chi connectivity index (χ0n) is 15.2. The van der Waals surface area contributed by atoms with Gasteiger partial charge in [0.05, 0.1) is 24.3 Å². The van der Waals surface area contributed by atoms with Gasteiger partial charge in [0.1, 0.15) is 0 Å². The lowest BCUT2D eigenvalue weighted by molar-refractivity contribution is -0.120. The maximum absolute atomic E-state index is 12.4. The van der Waals surface area contributed by atoms with Crippen molar-refractivity contribution in [2.75, 3.05) is 31.3 Å². The van der Waals surface area contributed by atoms with Gasteiger partial charge in [-0.3, -0.25) is 4.79 Å². The van der Waals surface area contributed by atoms with Gasteiger partial charge in [-0.15, -0.1) is 0 Å². The Hall–Kier alpha value is -1.93. The van der Waals surface area contributed by atoms with Crippen LogP contribution in [0.1, 0.15) is 43.0 Å². The van der Waals surface area contributed by atoms with Gasteiger partial charge >= 0.3 is 5.97 Å². The third-order valence-electron chi connectivity index (χ3n) is 4.34. The lowest BCUT2D eigenvalue weighted by Gasteiger charge is -2.30. The van der Waals surface area contributed by atoms with Crippen molar-refractivity contribution in [1.29, 1.82) is 0 Å². The summed E-state index contributed by atoms with van der Waals surface area (Å²) in [5, 5.41) is 2.79. The van der Waals surface area contributed by atoms with Crippen LogP contribution in [0.3, 0.4) is 0 Å². The third-order valence-corrected chi connectivity index (χ3v) is 5.61. The van der Waals surface area contributed by atoms with E-state index in [1.807, 2.05) is 6.92 Å². The van der Waals surface area contributed by atoms with E-state index in [9.17, 15) is 18.0 Å². The Morgan fingerprint density at radius 3 is 2.58 bits per heavy atom. The number of unbranched alkanes of at least 4 members (excludes halogenated alkanes) is 1. The average Bonchev–Trinajstić information content (AvgIpc) is 2.62. The van der Waals surface area contributed by atoms with Crippen molar-refractivity contribution in [2.24, 2.45) is 5.92 Å². The minimum absolute atomic E-state index is 0.201. The van der Waals surface area contributed by atoms with Crippen molar-refractivity contribution < 1.29 is 22.7 Å². The third kappa shape index (κ3) is 5.81. The van der Waals surface area contributed by atoms with Gasteiger partial charge in [0.2, 0.25) is 15.9 Å². The summed E-state index contributed by atoms with van der Waals surface area (Å²) in [6, 6.07) is 6.50. The zero-order valence-corrected chi connectivity index (χ0v) is 16.0. The lowest BCUT2D eigenvalue weighted by atomic mass is 9.98. The summed E-state index contributed by atoms with van der Waals surface area (Å²) in [6.07, 6.45) is 4.25. The van der Waals surface area contributed by atoms with E-state index in [2.05, 4.69) is 5.32 Å². The number of piperidine rings is 1. The summed E-state index contributed by atoms with van der Waals surface area (Å²) in [6.45, 7) is 3.07. The topological polar surface area (TPSA) is 92.8 Å². The second-order valence-electron chi connectivity index (χ2n) is 6.52. The van der Waals surface area contributed by atoms with Gasteiger partial charge in [0.25, 0.3) is 0 Å². The van der Waals surface area contributed by atoms with Gasteiger partial charge < -0.3 is 10.1 Å². The Kier molecular flexibility index (Phi) is 7.16. The van der Waals surface area contributed by atoms with E-state index in [1.54, 1.807) is 24.3 Å². The molecule has 0 saturated carbocycles. The van der Waals surface area contributed by atoms with Gasteiger partial charge in [-0.1, -0.05) is 13.3 Å². The lowest BCUT2D eigenvalue weighted by Crippen LogP contribution is -2.43. The van der Waals surface area contributed by atoms with E-state index < -0.39 is 10.0 Å². The summed E-state index contributed by atoms with van der Waals surface area (Å²) < 4.78 is 29.8. The number of sulfonamides is 1. The summed E-state index contributed by atoms with van der Waals surface area (Å²) in [7, 11) is -3.29. The normalized spacial score (nSPS) is 18.3. The molecule has 8 heteroatoms. The molecule has 1 heterocycles. The second kappa shape index (κ2) is 9.14. The van der Waals surface area contributed by atoms with Crippen LogP contribution in [0.5, 0.6) is 0 Å². The Morgan fingerprint density at radius 2 is 1.96 bits per heavy atom. The molecule has 1 atom stereocenters. The molecule has 1 saturated heterocycles. The van der Waals surface area contributed by atoms with Gasteiger partial charge in [-0.05, 0) is 43.5 Å². The minimum atomic E-state index is -3.29. The maximum atomic E-state index is 12.4. The quantitative estimate of drug-likeness (QED) is 0.577. The molecule has 2 rings (SSSR count). The zero-order chi connectivity index (χ0) is 19.2. The molecule has 0 aromatic heterocycles. The van der Waals surface area contributed by atoms with E-state index >= 15 is 0 Å². The molecular formula is C18H26N2O5S. The predicted octanol–water partition coefficient (Wildman–Crippen LogP) is 2.25. The second-order valence-corrected chi connectivity index (χ2v) is 8.50. The highest BCUT2D eigenvalue weighted by Crippen LogP contribution is 2.21. The van der Waals surface area contributed by atoms with E-state index in [4.69, 9.17) is 4.74 Å². The molecule has 0 radical (unpaired) electrons. The summed E-state index contributed by atoms with van der Waals surface area (Å²) >= 11 is 0. The van der Waals surface area contributed by atoms with Gasteiger partial charge in [0.15, 0.2) is 0 Å². The number of amides is 1. The number of esters is 1. The summed E-state index contributed by atoms with van der Waals surface area (Å²) in [5.74, 6) is -0.971. The molecule has 0 bridgehead atoms. The first-order valence-electron chi connectivity index (χ1n) is 8.84. The smallest absolute Gasteiger partial charge is 0.338 e. The van der Waals surface area contributed by atoms with Crippen molar-refractivity contribution in [1.82, 2.24) is 4.31 Å². The van der Waals surface area contributed by atoms with Crippen LogP contribution < -0.4 is 5.32 Å². The van der Waals surface area contributed by atoms with Crippen LogP contribution in [0.2, 0.25) is 0 Å². The molecule has 1 aromatic carbocycles. The number of nitrogens with zero attached hydrogens (tertiary/aromatic N) is 1. The fourth-order valence-corrected chi connectivity index (χ4v) is 3.70. The van der Waals surface area contributed by atoms with Crippen LogP contribution in [0.4, 0.5) is 5.69 Å². The van der Waals surface area contributed by atoms with Crippen LogP contribution in [0, 0.1) is 5.92 Å². The van der Waals surface area contributed by atoms with Crippen molar-refractivity contribution >= 4 is 27.6 Å². The summed E-state index contributed by atoms with van der Waals surface area (Å²) in [4.78, 5) is 24.3. The van der Waals surface area contributed by atoms with E-state index in [-0.39, 0.29) is 24.3 Å². The molecule has 0 aliphatic carbocycles. The number of hydrogen-bond acceptors (Lipinski definition) is 5. The Morgan fingerprint density at radius 1 is 1.27 bits per heavy atom. The van der Waals surface area contributed by atoms with Crippen LogP contribution in [-0.4, -0.2) is 50.6 Å². The molecule has 1 amide bonds. The first-order chi connectivity index (χ1) is 12.3. The number of hydrogen-bond donors (Lipinski definition) is 1. The largest absolute Gasteiger partial charge is 0.462 e. The van der Waals surface area contributed by atoms with Crippen LogP contribution in [0.15, 0.2) is 24.3 Å². The molecule has 144 valence electrons. The molecule has 1 N–H and O–H groups in total. The van der Waals surface area contributed by atoms with Crippen LogP contribution in [-0.2, 0) is 19.6 Å². The van der Waals surface area contributed by atoms with E-state index in [0.717, 1.165) is 19.1 Å². The van der Waals surface area contributed by atoms with Crippen molar-refractivity contribution in [3.8, 4) is 0 Å². The number of anilines is 1. The number of ether oxygens (including phenoxy) is 1. The highest BCUT2D eigenvalue weighted by atomic mass is 32.2. The fraction of sp³-hybridized carbons (Fsp3) is 0.556. The minimum Gasteiger partial charge on any atom is -0.462 e. The maximum Gasteiger partial charge on any atom is 0.338 e. The molecule has 1 fully saturated rings. The number of carbonyl (C=O) groups excluding carboxylic acids is 2. The molecule has 1 aliphatic heterocycles. The highest BCUT2D eigenvalue weighted by molar-refractivity contribution is 7.88. The van der Waals surface area contributed by atoms with Gasteiger partial charge in [-0.25, -0.2) is 17.5 Å². The summed E-state index contributed by atoms with van der Waals surface area (Å²) in [5.41, 5.74) is 0.997. The average molecular weight is 382 g/mol. The Bertz CT molecular complexity index is 730. The number of carbonyl (C=O) groups is 2. The van der Waals surface area contributed by atoms with E-state index in [1.165, 1.54) is 4.31 Å². The fourth-order valence-electron chi connectivity index (χ4n) is 2.78. The molecule has 26 heavy (non-hydrogen) atoms. The van der Waals surface area contributed by atoms with Crippen LogP contribution in [0.25, 0.3) is 0 Å². The Balaban J connectivity index is 1.92. The highest BCUT2D eigenvalue weighted by Gasteiger charge is 2.30. The van der Waals surface area contributed by atoms with Crippen molar-refractivity contribution in [2.45, 2.75) is 32.6 Å².